The van der Waals surface area contributed by atoms with E-state index in [0.29, 0.717) is 30.4 Å². The van der Waals surface area contributed by atoms with Crippen molar-refractivity contribution >= 4 is 23.1 Å². The van der Waals surface area contributed by atoms with Crippen LogP contribution in [0.1, 0.15) is 25.7 Å². The highest BCUT2D eigenvalue weighted by Crippen LogP contribution is 2.41. The summed E-state index contributed by atoms with van der Waals surface area (Å²) in [5.41, 5.74) is 0.899. The molecular weight excluding hydrogens is 421 g/mol. The van der Waals surface area contributed by atoms with Crippen molar-refractivity contribution in [3.05, 3.63) is 36.5 Å². The molecule has 172 valence electrons. The summed E-state index contributed by atoms with van der Waals surface area (Å²) < 4.78 is 40.0. The molecule has 5 rings (SSSR count). The Balaban J connectivity index is 1.46. The minimum Gasteiger partial charge on any atom is -0.366 e. The van der Waals surface area contributed by atoms with Crippen LogP contribution in [0.4, 0.5) is 36.3 Å². The number of pyridine rings is 2. The Morgan fingerprint density at radius 1 is 1.03 bits per heavy atom. The van der Waals surface area contributed by atoms with Crippen molar-refractivity contribution in [3.8, 4) is 0 Å². The van der Waals surface area contributed by atoms with Crippen molar-refractivity contribution in [1.82, 2.24) is 9.97 Å². The van der Waals surface area contributed by atoms with E-state index < -0.39 is 18.4 Å². The molecule has 2 aromatic rings. The lowest BCUT2D eigenvalue weighted by atomic mass is 9.97. The van der Waals surface area contributed by atoms with E-state index in [4.69, 9.17) is 4.98 Å². The van der Waals surface area contributed by atoms with Gasteiger partial charge in [0.15, 0.2) is 5.82 Å². The first-order valence-corrected chi connectivity index (χ1v) is 11.1. The standard InChI is InChI=1S/C22H27F3N6O/c23-22(24,25)15-5-3-12-30(13-15)19-9-8-17-20(28-19)31(16-6-4-11-29(17)14-16)21(32)27-18-7-1-2-10-26-18/h1-2,7-10,15-16,21,32H,3-6,11-14H2,(H,26,27)/t15?,16-,21?/m0/s1. The molecule has 2 bridgehead atoms. The molecule has 3 atom stereocenters. The summed E-state index contributed by atoms with van der Waals surface area (Å²) in [7, 11) is 0. The number of hydrogen-bond donors (Lipinski definition) is 2. The smallest absolute Gasteiger partial charge is 0.366 e. The number of piperidine rings is 2. The molecule has 0 radical (unpaired) electrons. The summed E-state index contributed by atoms with van der Waals surface area (Å²) in [6.45, 7) is 2.13. The quantitative estimate of drug-likeness (QED) is 0.695. The third-order valence-electron chi connectivity index (χ3n) is 6.63. The average molecular weight is 448 g/mol. The number of aromatic nitrogens is 2. The Kier molecular flexibility index (Phi) is 5.48. The fourth-order valence-corrected chi connectivity index (χ4v) is 5.04. The molecule has 0 saturated carbocycles. The first kappa shape index (κ1) is 21.1. The second-order valence-electron chi connectivity index (χ2n) is 8.72. The van der Waals surface area contributed by atoms with Crippen molar-refractivity contribution in [2.45, 2.75) is 44.3 Å². The van der Waals surface area contributed by atoms with E-state index in [0.717, 1.165) is 31.6 Å². The lowest BCUT2D eigenvalue weighted by Crippen LogP contribution is -2.58. The van der Waals surface area contributed by atoms with E-state index in [2.05, 4.69) is 15.2 Å². The molecule has 2 aromatic heterocycles. The minimum atomic E-state index is -4.20. The molecule has 2 N–H and O–H groups in total. The summed E-state index contributed by atoms with van der Waals surface area (Å²) in [6.07, 6.45) is -1.08. The summed E-state index contributed by atoms with van der Waals surface area (Å²) in [4.78, 5) is 14.9. The molecule has 0 amide bonds. The summed E-state index contributed by atoms with van der Waals surface area (Å²) in [6, 6.07) is 9.19. The fraction of sp³-hybridized carbons (Fsp3) is 0.545. The van der Waals surface area contributed by atoms with Crippen LogP contribution in [0.25, 0.3) is 0 Å². The summed E-state index contributed by atoms with van der Waals surface area (Å²) >= 11 is 0. The van der Waals surface area contributed by atoms with Gasteiger partial charge in [-0.2, -0.15) is 13.2 Å². The van der Waals surface area contributed by atoms with Gasteiger partial charge in [0.2, 0.25) is 6.35 Å². The van der Waals surface area contributed by atoms with Gasteiger partial charge in [-0.25, -0.2) is 9.97 Å². The molecule has 0 aliphatic carbocycles. The first-order chi connectivity index (χ1) is 15.4. The molecule has 32 heavy (non-hydrogen) atoms. The van der Waals surface area contributed by atoms with Gasteiger partial charge in [-0.15, -0.1) is 0 Å². The van der Waals surface area contributed by atoms with Crippen molar-refractivity contribution in [3.63, 3.8) is 0 Å². The second kappa shape index (κ2) is 8.31. The van der Waals surface area contributed by atoms with Crippen LogP contribution in [0.3, 0.4) is 0 Å². The van der Waals surface area contributed by atoms with Gasteiger partial charge in [-0.05, 0) is 49.9 Å². The maximum absolute atomic E-state index is 13.3. The Labute approximate surface area is 184 Å². The zero-order valence-electron chi connectivity index (χ0n) is 17.7. The topological polar surface area (TPSA) is 67.8 Å². The third kappa shape index (κ3) is 4.03. The number of aliphatic hydroxyl groups excluding tert-OH is 1. The number of anilines is 4. The van der Waals surface area contributed by atoms with Crippen LogP contribution >= 0.6 is 0 Å². The molecule has 0 spiro atoms. The van der Waals surface area contributed by atoms with Crippen LogP contribution in [0, 0.1) is 5.92 Å². The first-order valence-electron chi connectivity index (χ1n) is 11.1. The number of nitrogens with one attached hydrogen (secondary N) is 1. The summed E-state index contributed by atoms with van der Waals surface area (Å²) in [5, 5.41) is 14.1. The maximum atomic E-state index is 13.3. The third-order valence-corrected chi connectivity index (χ3v) is 6.63. The molecule has 2 fully saturated rings. The number of halogens is 3. The Hall–Kier alpha value is -2.75. The van der Waals surface area contributed by atoms with Crippen LogP contribution in [0.15, 0.2) is 36.5 Å². The highest BCUT2D eigenvalue weighted by Gasteiger charge is 2.43. The molecule has 10 heteroatoms. The number of hydrogen-bond acceptors (Lipinski definition) is 7. The van der Waals surface area contributed by atoms with Crippen LogP contribution < -0.4 is 20.0 Å². The van der Waals surface area contributed by atoms with Gasteiger partial charge in [-0.1, -0.05) is 6.07 Å². The fourth-order valence-electron chi connectivity index (χ4n) is 5.04. The van der Waals surface area contributed by atoms with Crippen LogP contribution in [0.5, 0.6) is 0 Å². The van der Waals surface area contributed by atoms with Crippen LogP contribution in [-0.2, 0) is 0 Å². The molecule has 2 unspecified atom stereocenters. The Bertz CT molecular complexity index is 943. The number of nitrogens with zero attached hydrogens (tertiary/aromatic N) is 5. The number of alkyl halides is 3. The number of aliphatic hydroxyl groups is 1. The van der Waals surface area contributed by atoms with Gasteiger partial charge < -0.3 is 25.1 Å². The molecule has 7 nitrogen and oxygen atoms in total. The van der Waals surface area contributed by atoms with Gasteiger partial charge in [0.1, 0.15) is 11.6 Å². The lowest BCUT2D eigenvalue weighted by molar-refractivity contribution is -0.176. The zero-order valence-corrected chi connectivity index (χ0v) is 17.7. The SMILES string of the molecule is OC(Nc1ccccn1)N1c2nc(N3CCCC(C(F)(F)F)C3)ccc2N2CCC[C@H]1C2. The molecule has 5 heterocycles. The van der Waals surface area contributed by atoms with Crippen molar-refractivity contribution < 1.29 is 18.3 Å². The second-order valence-corrected chi connectivity index (χ2v) is 8.72. The van der Waals surface area contributed by atoms with Crippen molar-refractivity contribution in [1.29, 1.82) is 0 Å². The average Bonchev–Trinajstić information content (AvgIpc) is 2.79. The van der Waals surface area contributed by atoms with E-state index in [1.165, 1.54) is 0 Å². The molecular formula is C22H27F3N6O. The molecule has 3 aliphatic heterocycles. The molecule has 3 aliphatic rings. The highest BCUT2D eigenvalue weighted by molar-refractivity contribution is 5.74. The minimum absolute atomic E-state index is 0.0505. The van der Waals surface area contributed by atoms with Gasteiger partial charge in [0.25, 0.3) is 0 Å². The van der Waals surface area contributed by atoms with Crippen molar-refractivity contribution in [2.24, 2.45) is 5.92 Å². The van der Waals surface area contributed by atoms with E-state index in [1.807, 2.05) is 23.1 Å². The number of rotatable bonds is 4. The van der Waals surface area contributed by atoms with E-state index in [1.54, 1.807) is 23.2 Å². The molecule has 2 saturated heterocycles. The van der Waals surface area contributed by atoms with Crippen LogP contribution in [-0.4, -0.2) is 59.8 Å². The van der Waals surface area contributed by atoms with Crippen LogP contribution in [0.2, 0.25) is 0 Å². The number of fused-ring (bicyclic) bond motifs is 4. The van der Waals surface area contributed by atoms with Crippen molar-refractivity contribution in [2.75, 3.05) is 46.2 Å². The highest BCUT2D eigenvalue weighted by atomic mass is 19.4. The van der Waals surface area contributed by atoms with Gasteiger partial charge in [0, 0.05) is 32.4 Å². The van der Waals surface area contributed by atoms with Gasteiger partial charge >= 0.3 is 6.18 Å². The Morgan fingerprint density at radius 3 is 2.62 bits per heavy atom. The summed E-state index contributed by atoms with van der Waals surface area (Å²) in [5.74, 6) is 0.321. The largest absolute Gasteiger partial charge is 0.393 e. The zero-order chi connectivity index (χ0) is 22.3. The monoisotopic (exact) mass is 448 g/mol. The van der Waals surface area contributed by atoms with E-state index >= 15 is 0 Å². The maximum Gasteiger partial charge on any atom is 0.393 e. The predicted octanol–water partition coefficient (Wildman–Crippen LogP) is 3.43. The molecule has 0 aromatic carbocycles. The normalized spacial score (nSPS) is 24.2. The van der Waals surface area contributed by atoms with E-state index in [-0.39, 0.29) is 19.0 Å². The predicted molar refractivity (Wildman–Crippen MR) is 117 cm³/mol. The van der Waals surface area contributed by atoms with Gasteiger partial charge in [-0.3, -0.25) is 0 Å². The Morgan fingerprint density at radius 2 is 1.84 bits per heavy atom. The van der Waals surface area contributed by atoms with E-state index in [9.17, 15) is 18.3 Å². The van der Waals surface area contributed by atoms with Gasteiger partial charge in [0.05, 0.1) is 17.6 Å². The lowest BCUT2D eigenvalue weighted by Gasteiger charge is -2.48.